The summed E-state index contributed by atoms with van der Waals surface area (Å²) >= 11 is 0. The topological polar surface area (TPSA) is 44.6 Å². The number of anilines is 1. The number of rotatable bonds is 2. The van der Waals surface area contributed by atoms with Crippen LogP contribution in [0, 0.1) is 0 Å². The Morgan fingerprint density at radius 3 is 2.40 bits per heavy atom. The minimum absolute atomic E-state index is 0.245. The summed E-state index contributed by atoms with van der Waals surface area (Å²) < 4.78 is 0. The lowest BCUT2D eigenvalue weighted by atomic mass is 10.3. The molecule has 0 aromatic heterocycles. The number of nitrogens with one attached hydrogen (secondary N) is 1. The summed E-state index contributed by atoms with van der Waals surface area (Å²) in [5, 5.41) is 12.3. The lowest BCUT2D eigenvalue weighted by molar-refractivity contribution is 0.475. The fourth-order valence-corrected chi connectivity index (χ4v) is 0.627. The molecular weight excluding hydrogens is 128 g/mol. The van der Waals surface area contributed by atoms with Gasteiger partial charge in [-0.25, -0.2) is 0 Å². The molecular formula is C7H8N2O. The quantitative estimate of drug-likeness (QED) is 0.367. The van der Waals surface area contributed by atoms with E-state index >= 15 is 0 Å². The third-order valence-electron chi connectivity index (χ3n) is 1.08. The van der Waals surface area contributed by atoms with Crippen LogP contribution in [0.25, 0.3) is 0 Å². The van der Waals surface area contributed by atoms with Crippen molar-refractivity contribution in [3.8, 4) is 5.75 Å². The summed E-state index contributed by atoms with van der Waals surface area (Å²) in [5.74, 6) is 0.245. The Morgan fingerprint density at radius 1 is 1.30 bits per heavy atom. The largest absolute Gasteiger partial charge is 0.508 e. The molecule has 3 nitrogen and oxygen atoms in total. The van der Waals surface area contributed by atoms with Crippen LogP contribution in [0.15, 0.2) is 29.4 Å². The summed E-state index contributed by atoms with van der Waals surface area (Å²) in [7, 11) is 0. The molecule has 0 bridgehead atoms. The summed E-state index contributed by atoms with van der Waals surface area (Å²) in [6, 6.07) is 6.58. The minimum Gasteiger partial charge on any atom is -0.508 e. The van der Waals surface area contributed by atoms with Crippen LogP contribution in [0.2, 0.25) is 0 Å². The van der Waals surface area contributed by atoms with Crippen LogP contribution in [0.4, 0.5) is 5.69 Å². The van der Waals surface area contributed by atoms with Gasteiger partial charge in [0.25, 0.3) is 0 Å². The number of hydrogen-bond donors (Lipinski definition) is 2. The number of aromatic hydroxyl groups is 1. The zero-order chi connectivity index (χ0) is 7.40. The Balaban J connectivity index is 2.78. The first-order valence-electron chi connectivity index (χ1n) is 2.83. The second kappa shape index (κ2) is 2.87. The van der Waals surface area contributed by atoms with Crippen LogP contribution in [0.1, 0.15) is 0 Å². The Kier molecular flexibility index (Phi) is 1.89. The van der Waals surface area contributed by atoms with Crippen molar-refractivity contribution in [1.82, 2.24) is 0 Å². The van der Waals surface area contributed by atoms with Crippen molar-refractivity contribution in [2.75, 3.05) is 5.43 Å². The van der Waals surface area contributed by atoms with E-state index in [1.807, 2.05) is 0 Å². The molecule has 0 saturated heterocycles. The van der Waals surface area contributed by atoms with E-state index in [1.165, 1.54) is 0 Å². The summed E-state index contributed by atoms with van der Waals surface area (Å²) in [6.45, 7) is 3.25. The van der Waals surface area contributed by atoms with E-state index in [9.17, 15) is 0 Å². The molecule has 0 spiro atoms. The highest BCUT2D eigenvalue weighted by Gasteiger charge is 1.87. The minimum atomic E-state index is 0.245. The lowest BCUT2D eigenvalue weighted by Gasteiger charge is -1.97. The summed E-state index contributed by atoms with van der Waals surface area (Å²) in [4.78, 5) is 0. The van der Waals surface area contributed by atoms with Gasteiger partial charge in [-0.2, -0.15) is 5.10 Å². The van der Waals surface area contributed by atoms with Crippen LogP contribution in [-0.4, -0.2) is 11.8 Å². The molecule has 2 N–H and O–H groups in total. The first-order chi connectivity index (χ1) is 4.83. The number of phenolic OH excluding ortho intramolecular Hbond substituents is 1. The molecule has 0 unspecified atom stereocenters. The van der Waals surface area contributed by atoms with Gasteiger partial charge < -0.3 is 5.11 Å². The molecule has 0 heterocycles. The zero-order valence-electron chi connectivity index (χ0n) is 5.41. The van der Waals surface area contributed by atoms with Crippen molar-refractivity contribution in [2.24, 2.45) is 5.10 Å². The van der Waals surface area contributed by atoms with Gasteiger partial charge >= 0.3 is 0 Å². The molecule has 0 atom stereocenters. The maximum atomic E-state index is 8.85. The van der Waals surface area contributed by atoms with Gasteiger partial charge in [0.2, 0.25) is 0 Å². The second-order valence-electron chi connectivity index (χ2n) is 1.82. The Hall–Kier alpha value is -1.51. The normalized spacial score (nSPS) is 8.80. The highest BCUT2D eigenvalue weighted by Crippen LogP contribution is 2.12. The molecule has 1 aromatic rings. The molecule has 0 radical (unpaired) electrons. The van der Waals surface area contributed by atoms with E-state index in [-0.39, 0.29) is 5.75 Å². The average molecular weight is 136 g/mol. The van der Waals surface area contributed by atoms with Gasteiger partial charge in [-0.05, 0) is 24.3 Å². The number of phenols is 1. The Labute approximate surface area is 59.0 Å². The van der Waals surface area contributed by atoms with Crippen molar-refractivity contribution < 1.29 is 5.11 Å². The van der Waals surface area contributed by atoms with Gasteiger partial charge in [0.15, 0.2) is 0 Å². The van der Waals surface area contributed by atoms with E-state index in [4.69, 9.17) is 5.11 Å². The van der Waals surface area contributed by atoms with E-state index in [2.05, 4.69) is 17.2 Å². The van der Waals surface area contributed by atoms with Gasteiger partial charge in [0.1, 0.15) is 5.75 Å². The Bertz CT molecular complexity index is 218. The predicted octanol–water partition coefficient (Wildman–Crippen LogP) is 1.42. The molecule has 0 aliphatic heterocycles. The molecule has 0 aliphatic rings. The van der Waals surface area contributed by atoms with Gasteiger partial charge in [-0.3, -0.25) is 5.43 Å². The van der Waals surface area contributed by atoms with Crippen LogP contribution in [0.5, 0.6) is 5.75 Å². The third kappa shape index (κ3) is 1.48. The molecule has 52 valence electrons. The summed E-state index contributed by atoms with van der Waals surface area (Å²) in [5.41, 5.74) is 3.45. The smallest absolute Gasteiger partial charge is 0.115 e. The average Bonchev–Trinajstić information content (AvgIpc) is 1.95. The standard InChI is InChI=1S/C7H8N2O/c1-8-9-6-2-4-7(10)5-3-6/h2-5,9-10H,1H2. The first-order valence-corrected chi connectivity index (χ1v) is 2.83. The molecule has 0 aliphatic carbocycles. The van der Waals surface area contributed by atoms with Crippen LogP contribution in [-0.2, 0) is 0 Å². The highest BCUT2D eigenvalue weighted by molar-refractivity contribution is 5.46. The SMILES string of the molecule is C=NNc1ccc(O)cc1. The molecule has 0 amide bonds. The van der Waals surface area contributed by atoms with Crippen molar-refractivity contribution in [2.45, 2.75) is 0 Å². The fourth-order valence-electron chi connectivity index (χ4n) is 0.627. The maximum absolute atomic E-state index is 8.85. The molecule has 10 heavy (non-hydrogen) atoms. The number of benzene rings is 1. The number of hydrogen-bond acceptors (Lipinski definition) is 3. The van der Waals surface area contributed by atoms with Gasteiger partial charge in [-0.1, -0.05) is 0 Å². The van der Waals surface area contributed by atoms with Crippen LogP contribution >= 0.6 is 0 Å². The van der Waals surface area contributed by atoms with Crippen molar-refractivity contribution >= 4 is 12.4 Å². The molecule has 0 fully saturated rings. The number of hydrazone groups is 1. The van der Waals surface area contributed by atoms with Gasteiger partial charge in [0.05, 0.1) is 5.69 Å². The monoisotopic (exact) mass is 136 g/mol. The maximum Gasteiger partial charge on any atom is 0.115 e. The summed E-state index contributed by atoms with van der Waals surface area (Å²) in [6.07, 6.45) is 0. The van der Waals surface area contributed by atoms with E-state index < -0.39 is 0 Å². The van der Waals surface area contributed by atoms with Gasteiger partial charge in [0, 0.05) is 6.72 Å². The molecule has 1 rings (SSSR count). The third-order valence-corrected chi connectivity index (χ3v) is 1.08. The number of nitrogens with zero attached hydrogens (tertiary/aromatic N) is 1. The fraction of sp³-hybridized carbons (Fsp3) is 0. The van der Waals surface area contributed by atoms with E-state index in [0.717, 1.165) is 5.69 Å². The highest BCUT2D eigenvalue weighted by atomic mass is 16.3. The van der Waals surface area contributed by atoms with Gasteiger partial charge in [-0.15, -0.1) is 0 Å². The molecule has 0 saturated carbocycles. The molecule has 1 aromatic carbocycles. The lowest BCUT2D eigenvalue weighted by Crippen LogP contribution is -1.83. The van der Waals surface area contributed by atoms with E-state index in [1.54, 1.807) is 24.3 Å². The second-order valence-corrected chi connectivity index (χ2v) is 1.82. The van der Waals surface area contributed by atoms with Crippen LogP contribution in [0.3, 0.4) is 0 Å². The van der Waals surface area contributed by atoms with E-state index in [0.29, 0.717) is 0 Å². The predicted molar refractivity (Wildman–Crippen MR) is 41.3 cm³/mol. The van der Waals surface area contributed by atoms with Crippen molar-refractivity contribution in [1.29, 1.82) is 0 Å². The van der Waals surface area contributed by atoms with Crippen LogP contribution < -0.4 is 5.43 Å². The van der Waals surface area contributed by atoms with Crippen molar-refractivity contribution in [3.05, 3.63) is 24.3 Å². The van der Waals surface area contributed by atoms with Crippen molar-refractivity contribution in [3.63, 3.8) is 0 Å². The molecule has 3 heteroatoms. The zero-order valence-corrected chi connectivity index (χ0v) is 5.41. The first kappa shape index (κ1) is 6.61. The Morgan fingerprint density at radius 2 is 1.90 bits per heavy atom.